The van der Waals surface area contributed by atoms with Crippen LogP contribution in [-0.4, -0.2) is 46.5 Å². The molecule has 23 heavy (non-hydrogen) atoms. The number of anilines is 4. The second-order valence-electron chi connectivity index (χ2n) is 5.33. The van der Waals surface area contributed by atoms with Gasteiger partial charge < -0.3 is 20.7 Å². The number of rotatable bonds is 3. The summed E-state index contributed by atoms with van der Waals surface area (Å²) in [6.45, 7) is 3.15. The first kappa shape index (κ1) is 13.8. The lowest BCUT2D eigenvalue weighted by Crippen LogP contribution is -2.36. The summed E-state index contributed by atoms with van der Waals surface area (Å²) in [5.41, 5.74) is 7.53. The van der Waals surface area contributed by atoms with Crippen LogP contribution in [0.15, 0.2) is 30.5 Å². The monoisotopic (exact) mass is 311 g/mol. The molecule has 1 saturated heterocycles. The van der Waals surface area contributed by atoms with Crippen molar-refractivity contribution in [1.82, 2.24) is 20.2 Å². The van der Waals surface area contributed by atoms with Crippen LogP contribution in [0.1, 0.15) is 0 Å². The summed E-state index contributed by atoms with van der Waals surface area (Å²) < 4.78 is 5.41. The number of benzene rings is 1. The van der Waals surface area contributed by atoms with Crippen LogP contribution in [0.5, 0.6) is 0 Å². The average molecular weight is 311 g/mol. The Hall–Kier alpha value is -2.87. The summed E-state index contributed by atoms with van der Waals surface area (Å²) in [6.07, 6.45) is 1.63. The molecule has 0 spiro atoms. The van der Waals surface area contributed by atoms with Gasteiger partial charge in [-0.15, -0.1) is 0 Å². The maximum Gasteiger partial charge on any atom is 0.221 e. The van der Waals surface area contributed by atoms with Crippen LogP contribution in [0.25, 0.3) is 10.9 Å². The first-order valence-corrected chi connectivity index (χ1v) is 7.46. The van der Waals surface area contributed by atoms with Gasteiger partial charge in [0.1, 0.15) is 5.82 Å². The summed E-state index contributed by atoms with van der Waals surface area (Å²) in [4.78, 5) is 10.3. The second kappa shape index (κ2) is 5.73. The molecule has 0 radical (unpaired) electrons. The van der Waals surface area contributed by atoms with Gasteiger partial charge in [0.25, 0.3) is 0 Å². The smallest absolute Gasteiger partial charge is 0.221 e. The van der Waals surface area contributed by atoms with Crippen molar-refractivity contribution < 1.29 is 4.74 Å². The normalized spacial score (nSPS) is 15.0. The molecule has 1 aliphatic rings. The van der Waals surface area contributed by atoms with Gasteiger partial charge in [-0.05, 0) is 24.3 Å². The first-order chi connectivity index (χ1) is 11.3. The first-order valence-electron chi connectivity index (χ1n) is 7.46. The van der Waals surface area contributed by atoms with Crippen molar-refractivity contribution in [3.63, 3.8) is 0 Å². The number of nitrogens with two attached hydrogens (primary N) is 1. The third-order valence-corrected chi connectivity index (χ3v) is 3.80. The Kier molecular flexibility index (Phi) is 3.43. The van der Waals surface area contributed by atoms with E-state index in [1.807, 2.05) is 12.1 Å². The van der Waals surface area contributed by atoms with Crippen molar-refractivity contribution in [3.8, 4) is 0 Å². The van der Waals surface area contributed by atoms with Crippen LogP contribution >= 0.6 is 0 Å². The molecule has 3 aromatic rings. The van der Waals surface area contributed by atoms with Crippen molar-refractivity contribution >= 4 is 34.2 Å². The second-order valence-corrected chi connectivity index (χ2v) is 5.33. The quantitative estimate of drug-likeness (QED) is 0.673. The highest BCUT2D eigenvalue weighted by Gasteiger charge is 2.17. The summed E-state index contributed by atoms with van der Waals surface area (Å²) in [5.74, 6) is 1.86. The zero-order valence-electron chi connectivity index (χ0n) is 12.5. The summed E-state index contributed by atoms with van der Waals surface area (Å²) in [6, 6.07) is 7.81. The molecule has 0 aliphatic carbocycles. The molecule has 0 amide bonds. The van der Waals surface area contributed by atoms with E-state index in [0.717, 1.165) is 48.7 Å². The molecule has 0 bridgehead atoms. The Morgan fingerprint density at radius 3 is 2.91 bits per heavy atom. The molecule has 8 heteroatoms. The van der Waals surface area contributed by atoms with Gasteiger partial charge in [-0.1, -0.05) is 0 Å². The fourth-order valence-electron chi connectivity index (χ4n) is 2.69. The minimum atomic E-state index is 0.244. The SMILES string of the molecule is Nc1nccc(Nc2ccc3[nH]nc(N4CCOCC4)c3c2)n1. The van der Waals surface area contributed by atoms with Crippen LogP contribution in [0, 0.1) is 0 Å². The highest BCUT2D eigenvalue weighted by Crippen LogP contribution is 2.28. The van der Waals surface area contributed by atoms with E-state index in [1.165, 1.54) is 0 Å². The van der Waals surface area contributed by atoms with E-state index < -0.39 is 0 Å². The molecule has 3 heterocycles. The Bertz CT molecular complexity index is 826. The lowest BCUT2D eigenvalue weighted by atomic mass is 10.2. The highest BCUT2D eigenvalue weighted by atomic mass is 16.5. The number of hydrogen-bond acceptors (Lipinski definition) is 7. The van der Waals surface area contributed by atoms with E-state index in [4.69, 9.17) is 10.5 Å². The molecule has 1 aliphatic heterocycles. The number of hydrogen-bond donors (Lipinski definition) is 3. The fourth-order valence-corrected chi connectivity index (χ4v) is 2.69. The molecule has 1 fully saturated rings. The number of nitrogen functional groups attached to an aromatic ring is 1. The maximum atomic E-state index is 5.61. The van der Waals surface area contributed by atoms with Crippen molar-refractivity contribution in [2.45, 2.75) is 0 Å². The fraction of sp³-hybridized carbons (Fsp3) is 0.267. The van der Waals surface area contributed by atoms with Crippen LogP contribution in [0.4, 0.5) is 23.3 Å². The minimum absolute atomic E-state index is 0.244. The topological polar surface area (TPSA) is 105 Å². The van der Waals surface area contributed by atoms with Gasteiger partial charge >= 0.3 is 0 Å². The van der Waals surface area contributed by atoms with E-state index >= 15 is 0 Å². The summed E-state index contributed by atoms with van der Waals surface area (Å²) in [5, 5.41) is 11.8. The molecule has 2 aromatic heterocycles. The average Bonchev–Trinajstić information content (AvgIpc) is 2.99. The Morgan fingerprint density at radius 1 is 1.22 bits per heavy atom. The van der Waals surface area contributed by atoms with Crippen molar-refractivity contribution in [2.75, 3.05) is 42.3 Å². The summed E-state index contributed by atoms with van der Waals surface area (Å²) >= 11 is 0. The van der Waals surface area contributed by atoms with Gasteiger partial charge in [0.05, 0.1) is 18.7 Å². The Balaban J connectivity index is 1.66. The van der Waals surface area contributed by atoms with Crippen molar-refractivity contribution in [2.24, 2.45) is 0 Å². The highest BCUT2D eigenvalue weighted by molar-refractivity contribution is 5.93. The minimum Gasteiger partial charge on any atom is -0.378 e. The van der Waals surface area contributed by atoms with E-state index in [0.29, 0.717) is 5.82 Å². The van der Waals surface area contributed by atoms with Gasteiger partial charge in [0.15, 0.2) is 5.82 Å². The molecule has 8 nitrogen and oxygen atoms in total. The van der Waals surface area contributed by atoms with Gasteiger partial charge in [0, 0.05) is 30.4 Å². The van der Waals surface area contributed by atoms with E-state index in [2.05, 4.69) is 36.4 Å². The molecule has 0 saturated carbocycles. The molecule has 4 N–H and O–H groups in total. The number of aromatic amines is 1. The van der Waals surface area contributed by atoms with E-state index in [1.54, 1.807) is 12.3 Å². The van der Waals surface area contributed by atoms with Gasteiger partial charge in [-0.25, -0.2) is 4.98 Å². The molecule has 1 aromatic carbocycles. The Labute approximate surface area is 132 Å². The van der Waals surface area contributed by atoms with E-state index in [-0.39, 0.29) is 5.95 Å². The number of morpholine rings is 1. The number of H-pyrrole nitrogens is 1. The van der Waals surface area contributed by atoms with E-state index in [9.17, 15) is 0 Å². The largest absolute Gasteiger partial charge is 0.378 e. The number of aromatic nitrogens is 4. The number of nitrogens with zero attached hydrogens (tertiary/aromatic N) is 4. The molecule has 118 valence electrons. The standard InChI is InChI=1S/C15H17N7O/c16-15-17-4-3-13(19-15)18-10-1-2-12-11(9-10)14(21-20-12)22-5-7-23-8-6-22/h1-4,9H,5-8H2,(H,20,21)(H3,16,17,18,19). The molecular weight excluding hydrogens is 294 g/mol. The van der Waals surface area contributed by atoms with Crippen molar-refractivity contribution in [3.05, 3.63) is 30.5 Å². The third kappa shape index (κ3) is 2.76. The lowest BCUT2D eigenvalue weighted by Gasteiger charge is -2.26. The number of nitrogens with one attached hydrogen (secondary N) is 2. The van der Waals surface area contributed by atoms with Crippen molar-refractivity contribution in [1.29, 1.82) is 0 Å². The number of fused-ring (bicyclic) bond motifs is 1. The zero-order chi connectivity index (χ0) is 15.6. The molecule has 4 rings (SSSR count). The van der Waals surface area contributed by atoms with Crippen LogP contribution in [-0.2, 0) is 4.74 Å². The van der Waals surface area contributed by atoms with Crippen LogP contribution in [0.3, 0.4) is 0 Å². The Morgan fingerprint density at radius 2 is 2.09 bits per heavy atom. The lowest BCUT2D eigenvalue weighted by molar-refractivity contribution is 0.122. The molecule has 0 unspecified atom stereocenters. The zero-order valence-corrected chi connectivity index (χ0v) is 12.5. The van der Waals surface area contributed by atoms with Gasteiger partial charge in [-0.3, -0.25) is 5.10 Å². The van der Waals surface area contributed by atoms with Gasteiger partial charge in [-0.2, -0.15) is 10.1 Å². The van der Waals surface area contributed by atoms with Crippen LogP contribution < -0.4 is 16.0 Å². The molecule has 0 atom stereocenters. The third-order valence-electron chi connectivity index (χ3n) is 3.80. The molecular formula is C15H17N7O. The maximum absolute atomic E-state index is 5.61. The summed E-state index contributed by atoms with van der Waals surface area (Å²) in [7, 11) is 0. The number of ether oxygens (including phenoxy) is 1. The predicted octanol–water partition coefficient (Wildman–Crippen LogP) is 1.52. The predicted molar refractivity (Wildman–Crippen MR) is 88.9 cm³/mol. The van der Waals surface area contributed by atoms with Gasteiger partial charge in [0.2, 0.25) is 5.95 Å². The van der Waals surface area contributed by atoms with Crippen LogP contribution in [0.2, 0.25) is 0 Å².